The van der Waals surface area contributed by atoms with E-state index in [1.165, 1.54) is 83.5 Å². The third kappa shape index (κ3) is 16.2. The molecule has 1 atom stereocenters. The fourth-order valence-electron chi connectivity index (χ4n) is 3.87. The van der Waals surface area contributed by atoms with Gasteiger partial charge in [0.25, 0.3) is 0 Å². The molecule has 1 saturated heterocycles. The predicted molar refractivity (Wildman–Crippen MR) is 124 cm³/mol. The van der Waals surface area contributed by atoms with Crippen LogP contribution in [0.25, 0.3) is 0 Å². The molecule has 0 N–H and O–H groups in total. The van der Waals surface area contributed by atoms with E-state index in [9.17, 15) is 4.79 Å². The van der Waals surface area contributed by atoms with Crippen LogP contribution in [0.4, 0.5) is 0 Å². The number of carbonyl (C=O) groups excluding carboxylic acids is 1. The zero-order valence-corrected chi connectivity index (χ0v) is 20.2. The molecule has 0 spiro atoms. The van der Waals surface area contributed by atoms with Crippen LogP contribution in [0.3, 0.4) is 0 Å². The molecule has 0 aromatic rings. The molecule has 0 bridgehead atoms. The standard InChI is InChI=1S/C25H49NO4/c1-23(25-29-21-24(27)22-30-25)17-15-13-11-9-7-5-4-6-8-10-12-14-16-19-28-20-18-26(2)3/h23,25H,4-22H2,1-3H3. The molecule has 1 rings (SSSR count). The van der Waals surface area contributed by atoms with Gasteiger partial charge in [-0.1, -0.05) is 84.0 Å². The monoisotopic (exact) mass is 427 g/mol. The number of hydrogen-bond donors (Lipinski definition) is 0. The van der Waals surface area contributed by atoms with Gasteiger partial charge in [0.1, 0.15) is 13.2 Å². The Morgan fingerprint density at radius 3 is 1.77 bits per heavy atom. The van der Waals surface area contributed by atoms with E-state index in [1.54, 1.807) is 0 Å². The lowest BCUT2D eigenvalue weighted by Crippen LogP contribution is -2.36. The molecular formula is C25H49NO4. The van der Waals surface area contributed by atoms with Gasteiger partial charge >= 0.3 is 0 Å². The average Bonchev–Trinajstić information content (AvgIpc) is 2.73. The maximum absolute atomic E-state index is 11.1. The van der Waals surface area contributed by atoms with Crippen LogP contribution in [0, 0.1) is 5.92 Å². The second-order valence-electron chi connectivity index (χ2n) is 9.31. The van der Waals surface area contributed by atoms with Crippen molar-refractivity contribution < 1.29 is 19.0 Å². The van der Waals surface area contributed by atoms with Crippen molar-refractivity contribution in [2.45, 2.75) is 103 Å². The highest BCUT2D eigenvalue weighted by molar-refractivity contribution is 5.81. The van der Waals surface area contributed by atoms with Crippen LogP contribution in [0.15, 0.2) is 0 Å². The van der Waals surface area contributed by atoms with E-state index in [0.717, 1.165) is 26.2 Å². The van der Waals surface area contributed by atoms with Crippen molar-refractivity contribution >= 4 is 5.78 Å². The molecule has 1 aliphatic rings. The Morgan fingerprint density at radius 1 is 0.800 bits per heavy atom. The first-order chi connectivity index (χ1) is 14.6. The van der Waals surface area contributed by atoms with E-state index in [4.69, 9.17) is 14.2 Å². The number of carbonyl (C=O) groups is 1. The highest BCUT2D eigenvalue weighted by atomic mass is 16.7. The Hall–Kier alpha value is -0.490. The second kappa shape index (κ2) is 19.2. The number of rotatable bonds is 20. The smallest absolute Gasteiger partial charge is 0.184 e. The Morgan fingerprint density at radius 2 is 1.27 bits per heavy atom. The number of unbranched alkanes of at least 4 members (excludes halogenated alkanes) is 12. The number of likely N-dealkylation sites (N-methyl/N-ethyl adjacent to an activating group) is 1. The van der Waals surface area contributed by atoms with Gasteiger partial charge in [-0.3, -0.25) is 4.79 Å². The molecule has 0 amide bonds. The quantitative estimate of drug-likeness (QED) is 0.237. The zero-order chi connectivity index (χ0) is 21.9. The lowest BCUT2D eigenvalue weighted by Gasteiger charge is -2.27. The fraction of sp³-hybridized carbons (Fsp3) is 0.960. The van der Waals surface area contributed by atoms with E-state index >= 15 is 0 Å². The molecule has 1 heterocycles. The first-order valence-electron chi connectivity index (χ1n) is 12.6. The highest BCUT2D eigenvalue weighted by Crippen LogP contribution is 2.20. The first kappa shape index (κ1) is 27.5. The van der Waals surface area contributed by atoms with Crippen molar-refractivity contribution in [3.05, 3.63) is 0 Å². The Bertz CT molecular complexity index is 393. The molecule has 30 heavy (non-hydrogen) atoms. The van der Waals surface area contributed by atoms with Crippen LogP contribution in [0.2, 0.25) is 0 Å². The minimum absolute atomic E-state index is 0.0511. The van der Waals surface area contributed by atoms with Crippen LogP contribution in [-0.2, 0) is 19.0 Å². The highest BCUT2D eigenvalue weighted by Gasteiger charge is 2.24. The summed E-state index contributed by atoms with van der Waals surface area (Å²) in [6.45, 7) is 5.42. The van der Waals surface area contributed by atoms with Crippen LogP contribution in [0.1, 0.15) is 96.8 Å². The summed E-state index contributed by atoms with van der Waals surface area (Å²) in [6.07, 6.45) is 18.5. The normalized spacial score (nSPS) is 16.5. The summed E-state index contributed by atoms with van der Waals surface area (Å²) >= 11 is 0. The third-order valence-electron chi connectivity index (χ3n) is 5.91. The number of ketones is 1. The Balaban J connectivity index is 1.72. The van der Waals surface area contributed by atoms with Gasteiger partial charge in [-0.2, -0.15) is 0 Å². The molecule has 5 nitrogen and oxygen atoms in total. The number of hydrogen-bond acceptors (Lipinski definition) is 5. The van der Waals surface area contributed by atoms with Crippen LogP contribution in [-0.4, -0.2) is 64.0 Å². The second-order valence-corrected chi connectivity index (χ2v) is 9.31. The molecule has 1 unspecified atom stereocenters. The summed E-state index contributed by atoms with van der Waals surface area (Å²) in [4.78, 5) is 13.3. The lowest BCUT2D eigenvalue weighted by atomic mass is 10.0. The summed E-state index contributed by atoms with van der Waals surface area (Å²) in [7, 11) is 4.17. The molecule has 0 saturated carbocycles. The van der Waals surface area contributed by atoms with E-state index < -0.39 is 0 Å². The van der Waals surface area contributed by atoms with Crippen LogP contribution < -0.4 is 0 Å². The van der Waals surface area contributed by atoms with E-state index in [0.29, 0.717) is 5.92 Å². The van der Waals surface area contributed by atoms with Gasteiger partial charge in [-0.25, -0.2) is 0 Å². The molecule has 0 aromatic heterocycles. The van der Waals surface area contributed by atoms with Crippen molar-refractivity contribution in [3.63, 3.8) is 0 Å². The Kier molecular flexibility index (Phi) is 17.6. The molecule has 0 radical (unpaired) electrons. The zero-order valence-electron chi connectivity index (χ0n) is 20.2. The molecule has 1 aliphatic heterocycles. The van der Waals surface area contributed by atoms with E-state index in [2.05, 4.69) is 25.9 Å². The van der Waals surface area contributed by atoms with Crippen molar-refractivity contribution in [3.8, 4) is 0 Å². The maximum atomic E-state index is 11.1. The summed E-state index contributed by atoms with van der Waals surface area (Å²) in [5.41, 5.74) is 0. The van der Waals surface area contributed by atoms with E-state index in [-0.39, 0.29) is 25.3 Å². The number of nitrogens with zero attached hydrogens (tertiary/aromatic N) is 1. The summed E-state index contributed by atoms with van der Waals surface area (Å²) in [6, 6.07) is 0. The Labute approximate surface area is 186 Å². The third-order valence-corrected chi connectivity index (χ3v) is 5.91. The maximum Gasteiger partial charge on any atom is 0.184 e. The molecule has 178 valence electrons. The first-order valence-corrected chi connectivity index (χ1v) is 12.6. The van der Waals surface area contributed by atoms with Crippen LogP contribution >= 0.6 is 0 Å². The van der Waals surface area contributed by atoms with Gasteiger partial charge in [-0.05, 0) is 26.9 Å². The molecule has 5 heteroatoms. The minimum Gasteiger partial charge on any atom is -0.380 e. The molecular weight excluding hydrogens is 378 g/mol. The van der Waals surface area contributed by atoms with Gasteiger partial charge < -0.3 is 19.1 Å². The van der Waals surface area contributed by atoms with Crippen molar-refractivity contribution in [2.24, 2.45) is 5.92 Å². The van der Waals surface area contributed by atoms with Gasteiger partial charge in [0.15, 0.2) is 12.1 Å². The molecule has 0 aliphatic carbocycles. The predicted octanol–water partition coefficient (Wildman–Crippen LogP) is 5.60. The topological polar surface area (TPSA) is 48.0 Å². The summed E-state index contributed by atoms with van der Waals surface area (Å²) in [5.74, 6) is 0.434. The van der Waals surface area contributed by atoms with Gasteiger partial charge in [0.2, 0.25) is 0 Å². The summed E-state index contributed by atoms with van der Waals surface area (Å²) in [5, 5.41) is 0. The van der Waals surface area contributed by atoms with Crippen molar-refractivity contribution in [2.75, 3.05) is 47.1 Å². The molecule has 1 fully saturated rings. The number of Topliss-reactive ketones (excluding diaryl/α,β-unsaturated/α-hetero) is 1. The minimum atomic E-state index is -0.177. The lowest BCUT2D eigenvalue weighted by molar-refractivity contribution is -0.202. The number of ether oxygens (including phenoxy) is 3. The van der Waals surface area contributed by atoms with E-state index in [1.807, 2.05) is 0 Å². The van der Waals surface area contributed by atoms with Crippen LogP contribution in [0.5, 0.6) is 0 Å². The average molecular weight is 428 g/mol. The van der Waals surface area contributed by atoms with Gasteiger partial charge in [-0.15, -0.1) is 0 Å². The summed E-state index contributed by atoms with van der Waals surface area (Å²) < 4.78 is 16.6. The van der Waals surface area contributed by atoms with Crippen molar-refractivity contribution in [1.82, 2.24) is 4.90 Å². The largest absolute Gasteiger partial charge is 0.380 e. The fourth-order valence-corrected chi connectivity index (χ4v) is 3.87. The van der Waals surface area contributed by atoms with Gasteiger partial charge in [0, 0.05) is 19.1 Å². The molecule has 0 aromatic carbocycles. The van der Waals surface area contributed by atoms with Gasteiger partial charge in [0.05, 0.1) is 6.61 Å². The van der Waals surface area contributed by atoms with Crippen molar-refractivity contribution in [1.29, 1.82) is 0 Å². The SMILES string of the molecule is CC(CCCCCCCCCCCCCCCOCCN(C)C)C1OCC(=O)CO1.